The first-order valence-corrected chi connectivity index (χ1v) is 10.4. The Morgan fingerprint density at radius 3 is 2.90 bits per heavy atom. The summed E-state index contributed by atoms with van der Waals surface area (Å²) >= 11 is 1.70. The van der Waals surface area contributed by atoms with Crippen LogP contribution in [0, 0.1) is 0 Å². The van der Waals surface area contributed by atoms with E-state index in [0.717, 1.165) is 37.7 Å². The lowest BCUT2D eigenvalue weighted by Crippen LogP contribution is -2.45. The summed E-state index contributed by atoms with van der Waals surface area (Å²) in [5.74, 6) is 1.56. The van der Waals surface area contributed by atoms with Crippen molar-refractivity contribution < 1.29 is 9.47 Å². The number of pyridine rings is 1. The summed E-state index contributed by atoms with van der Waals surface area (Å²) in [4.78, 5) is 7.99. The Bertz CT molecular complexity index is 877. The molecule has 1 atom stereocenters. The maximum Gasteiger partial charge on any atom is 0.161 e. The van der Waals surface area contributed by atoms with Crippen LogP contribution in [0.15, 0.2) is 60.2 Å². The van der Waals surface area contributed by atoms with Crippen LogP contribution in [0.5, 0.6) is 11.5 Å². The van der Waals surface area contributed by atoms with Crippen molar-refractivity contribution in [2.75, 3.05) is 26.7 Å². The normalized spacial score (nSPS) is 16.8. The van der Waals surface area contributed by atoms with Crippen LogP contribution in [0.4, 0.5) is 0 Å². The summed E-state index contributed by atoms with van der Waals surface area (Å²) in [7, 11) is 1.69. The van der Waals surface area contributed by atoms with E-state index >= 15 is 0 Å². The van der Waals surface area contributed by atoms with Crippen LogP contribution in [0.1, 0.15) is 22.0 Å². The number of nitrogens with one attached hydrogen (secondary N) is 1. The molecule has 1 fully saturated rings. The van der Waals surface area contributed by atoms with E-state index in [1.807, 2.05) is 30.6 Å². The number of thiophene rings is 1. The summed E-state index contributed by atoms with van der Waals surface area (Å²) < 4.78 is 11.6. The number of rotatable bonds is 7. The summed E-state index contributed by atoms with van der Waals surface area (Å²) in [6.45, 7) is 4.36. The number of hydrogen-bond acceptors (Lipinski definition) is 6. The minimum Gasteiger partial charge on any atom is -0.493 e. The first-order chi connectivity index (χ1) is 13.8. The largest absolute Gasteiger partial charge is 0.493 e. The molecular weight excluding hydrogens is 406 g/mol. The second-order valence-electron chi connectivity index (χ2n) is 6.83. The molecular formula is C22H26ClN3O2S. The quantitative estimate of drug-likeness (QED) is 0.604. The summed E-state index contributed by atoms with van der Waals surface area (Å²) in [5, 5.41) is 5.56. The number of ether oxygens (including phenoxy) is 2. The van der Waals surface area contributed by atoms with Gasteiger partial charge in [0.1, 0.15) is 6.61 Å². The van der Waals surface area contributed by atoms with Gasteiger partial charge in [-0.05, 0) is 40.8 Å². The highest BCUT2D eigenvalue weighted by Crippen LogP contribution is 2.31. The van der Waals surface area contributed by atoms with E-state index in [-0.39, 0.29) is 12.4 Å². The molecule has 0 amide bonds. The van der Waals surface area contributed by atoms with Crippen molar-refractivity contribution in [1.82, 2.24) is 15.2 Å². The van der Waals surface area contributed by atoms with Crippen LogP contribution in [0.3, 0.4) is 0 Å². The van der Waals surface area contributed by atoms with E-state index in [2.05, 4.69) is 44.8 Å². The predicted molar refractivity (Wildman–Crippen MR) is 119 cm³/mol. The van der Waals surface area contributed by atoms with Gasteiger partial charge in [0, 0.05) is 49.5 Å². The van der Waals surface area contributed by atoms with Gasteiger partial charge >= 0.3 is 0 Å². The van der Waals surface area contributed by atoms with E-state index in [1.54, 1.807) is 18.4 Å². The Hall–Kier alpha value is -2.12. The van der Waals surface area contributed by atoms with Crippen LogP contribution < -0.4 is 14.8 Å². The lowest BCUT2D eigenvalue weighted by Gasteiger charge is -2.36. The maximum atomic E-state index is 5.96. The van der Waals surface area contributed by atoms with Crippen molar-refractivity contribution in [1.29, 1.82) is 0 Å². The Morgan fingerprint density at radius 1 is 1.21 bits per heavy atom. The lowest BCUT2D eigenvalue weighted by molar-refractivity contribution is 0.153. The van der Waals surface area contributed by atoms with Crippen molar-refractivity contribution in [2.24, 2.45) is 0 Å². The molecule has 1 aromatic carbocycles. The molecule has 0 bridgehead atoms. The van der Waals surface area contributed by atoms with Crippen LogP contribution >= 0.6 is 23.7 Å². The van der Waals surface area contributed by atoms with Crippen molar-refractivity contribution in [3.05, 3.63) is 76.2 Å². The Balaban J connectivity index is 0.00000240. The molecule has 2 aromatic heterocycles. The molecule has 154 valence electrons. The molecule has 1 N–H and O–H groups in total. The van der Waals surface area contributed by atoms with E-state index < -0.39 is 0 Å². The average molecular weight is 432 g/mol. The van der Waals surface area contributed by atoms with E-state index in [1.165, 1.54) is 16.0 Å². The van der Waals surface area contributed by atoms with Gasteiger partial charge in [-0.1, -0.05) is 18.2 Å². The van der Waals surface area contributed by atoms with Gasteiger partial charge in [0.25, 0.3) is 0 Å². The van der Waals surface area contributed by atoms with Gasteiger partial charge < -0.3 is 14.8 Å². The number of halogens is 1. The Morgan fingerprint density at radius 2 is 2.14 bits per heavy atom. The molecule has 3 heterocycles. The van der Waals surface area contributed by atoms with Gasteiger partial charge in [-0.3, -0.25) is 9.88 Å². The molecule has 1 aliphatic heterocycles. The van der Waals surface area contributed by atoms with E-state index in [4.69, 9.17) is 9.47 Å². The molecule has 0 saturated carbocycles. The number of piperazine rings is 1. The van der Waals surface area contributed by atoms with Gasteiger partial charge in [0.2, 0.25) is 0 Å². The zero-order chi connectivity index (χ0) is 19.2. The number of benzene rings is 1. The molecule has 7 heteroatoms. The first-order valence-electron chi connectivity index (χ1n) is 9.50. The Labute approximate surface area is 182 Å². The molecule has 0 aliphatic carbocycles. The number of aromatic nitrogens is 1. The van der Waals surface area contributed by atoms with E-state index in [0.29, 0.717) is 12.6 Å². The number of methoxy groups -OCH3 is 1. The molecule has 0 radical (unpaired) electrons. The van der Waals surface area contributed by atoms with Crippen molar-refractivity contribution in [3.63, 3.8) is 0 Å². The van der Waals surface area contributed by atoms with Gasteiger partial charge in [0.05, 0.1) is 7.11 Å². The lowest BCUT2D eigenvalue weighted by atomic mass is 10.0. The topological polar surface area (TPSA) is 46.6 Å². The standard InChI is InChI=1S/C22H25N3O2S.ClH/c1-26-22-12-17(6-7-21(22)27-16-19-5-3-11-28-19)15-25-10-9-24-14-20(25)18-4-2-8-23-13-18;/h2-8,11-13,20,24H,9-10,14-16H2,1H3;1H. The summed E-state index contributed by atoms with van der Waals surface area (Å²) in [6, 6.07) is 14.8. The number of nitrogens with zero attached hydrogens (tertiary/aromatic N) is 2. The zero-order valence-electron chi connectivity index (χ0n) is 16.4. The molecule has 1 aliphatic rings. The fraction of sp³-hybridized carbons (Fsp3) is 0.318. The van der Waals surface area contributed by atoms with Gasteiger partial charge in [0.15, 0.2) is 11.5 Å². The smallest absolute Gasteiger partial charge is 0.161 e. The second kappa shape index (κ2) is 10.6. The maximum absolute atomic E-state index is 5.96. The van der Waals surface area contributed by atoms with Crippen molar-refractivity contribution in [3.8, 4) is 11.5 Å². The van der Waals surface area contributed by atoms with E-state index in [9.17, 15) is 0 Å². The van der Waals surface area contributed by atoms with Crippen LogP contribution in [0.2, 0.25) is 0 Å². The highest BCUT2D eigenvalue weighted by Gasteiger charge is 2.24. The third kappa shape index (κ3) is 5.48. The predicted octanol–water partition coefficient (Wildman–Crippen LogP) is 4.30. The third-order valence-electron chi connectivity index (χ3n) is 4.99. The van der Waals surface area contributed by atoms with Gasteiger partial charge in [-0.2, -0.15) is 0 Å². The number of hydrogen-bond donors (Lipinski definition) is 1. The van der Waals surface area contributed by atoms with Gasteiger partial charge in [-0.25, -0.2) is 0 Å². The van der Waals surface area contributed by atoms with Gasteiger partial charge in [-0.15, -0.1) is 23.7 Å². The molecule has 0 spiro atoms. The summed E-state index contributed by atoms with van der Waals surface area (Å²) in [6.07, 6.45) is 3.79. The second-order valence-corrected chi connectivity index (χ2v) is 7.86. The highest BCUT2D eigenvalue weighted by atomic mass is 35.5. The molecule has 1 unspecified atom stereocenters. The average Bonchev–Trinajstić information content (AvgIpc) is 3.27. The monoisotopic (exact) mass is 431 g/mol. The van der Waals surface area contributed by atoms with Crippen molar-refractivity contribution in [2.45, 2.75) is 19.2 Å². The first kappa shape index (κ1) is 21.6. The molecule has 29 heavy (non-hydrogen) atoms. The minimum atomic E-state index is 0. The van der Waals surface area contributed by atoms with Crippen LogP contribution in [0.25, 0.3) is 0 Å². The fourth-order valence-corrected chi connectivity index (χ4v) is 4.16. The zero-order valence-corrected chi connectivity index (χ0v) is 18.0. The van der Waals surface area contributed by atoms with Crippen LogP contribution in [-0.2, 0) is 13.2 Å². The molecule has 5 nitrogen and oxygen atoms in total. The van der Waals surface area contributed by atoms with Crippen molar-refractivity contribution >= 4 is 23.7 Å². The third-order valence-corrected chi connectivity index (χ3v) is 5.84. The molecule has 3 aromatic rings. The SMILES string of the molecule is COc1cc(CN2CCNCC2c2cccnc2)ccc1OCc1cccs1.Cl. The molecule has 1 saturated heterocycles. The van der Waals surface area contributed by atoms with Crippen LogP contribution in [-0.4, -0.2) is 36.6 Å². The summed E-state index contributed by atoms with van der Waals surface area (Å²) in [5.41, 5.74) is 2.47. The Kier molecular flexibility index (Phi) is 7.89. The molecule has 4 rings (SSSR count). The highest BCUT2D eigenvalue weighted by molar-refractivity contribution is 7.09. The fourth-order valence-electron chi connectivity index (χ4n) is 3.55. The minimum absolute atomic E-state index is 0.